The van der Waals surface area contributed by atoms with Crippen LogP contribution in [-0.4, -0.2) is 49.7 Å². The van der Waals surface area contributed by atoms with E-state index in [4.69, 9.17) is 4.74 Å². The smallest absolute Gasteiger partial charge is 0.224 e. The largest absolute Gasteiger partial charge is 0.378 e. The number of piperazine rings is 1. The van der Waals surface area contributed by atoms with E-state index in [2.05, 4.69) is 12.2 Å². The number of rotatable bonds is 5. The Bertz CT molecular complexity index is 277. The highest BCUT2D eigenvalue weighted by atomic mass is 16.5. The lowest BCUT2D eigenvalue weighted by molar-refractivity contribution is -0.133. The molecule has 1 N–H and O–H groups in total. The molecule has 1 aliphatic carbocycles. The number of carbonyl (C=O) groups excluding carboxylic acids is 1. The van der Waals surface area contributed by atoms with Crippen LogP contribution in [0.3, 0.4) is 0 Å². The Morgan fingerprint density at radius 3 is 2.84 bits per heavy atom. The predicted octanol–water partition coefficient (Wildman–Crippen LogP) is 1.79. The number of hydrogen-bond donors (Lipinski definition) is 1. The molecule has 1 aliphatic heterocycles. The molecule has 0 spiro atoms. The van der Waals surface area contributed by atoms with Gasteiger partial charge in [-0.15, -0.1) is 0 Å². The van der Waals surface area contributed by atoms with Gasteiger partial charge in [0.2, 0.25) is 5.91 Å². The van der Waals surface area contributed by atoms with Crippen molar-refractivity contribution in [3.05, 3.63) is 0 Å². The zero-order valence-electron chi connectivity index (χ0n) is 12.2. The van der Waals surface area contributed by atoms with Gasteiger partial charge in [0.05, 0.1) is 19.1 Å². The Morgan fingerprint density at radius 1 is 1.32 bits per heavy atom. The molecule has 0 radical (unpaired) electrons. The van der Waals surface area contributed by atoms with Crippen LogP contribution in [0.2, 0.25) is 0 Å². The summed E-state index contributed by atoms with van der Waals surface area (Å²) < 4.78 is 5.91. The number of hydrogen-bond acceptors (Lipinski definition) is 3. The highest BCUT2D eigenvalue weighted by Gasteiger charge is 2.22. The Balaban J connectivity index is 1.61. The zero-order chi connectivity index (χ0) is 13.5. The Hall–Kier alpha value is -0.610. The fourth-order valence-electron chi connectivity index (χ4n) is 3.15. The quantitative estimate of drug-likeness (QED) is 0.826. The van der Waals surface area contributed by atoms with E-state index in [0.29, 0.717) is 19.1 Å². The number of carbonyl (C=O) groups is 1. The molecule has 1 saturated carbocycles. The van der Waals surface area contributed by atoms with Crippen LogP contribution in [0.4, 0.5) is 0 Å². The Labute approximate surface area is 116 Å². The lowest BCUT2D eigenvalue weighted by Crippen LogP contribution is -2.46. The average Bonchev–Trinajstić information content (AvgIpc) is 2.48. The van der Waals surface area contributed by atoms with Crippen molar-refractivity contribution in [1.29, 1.82) is 0 Å². The van der Waals surface area contributed by atoms with Crippen LogP contribution in [0.5, 0.6) is 0 Å². The van der Waals surface area contributed by atoms with Crippen molar-refractivity contribution in [3.63, 3.8) is 0 Å². The average molecular weight is 268 g/mol. The number of nitrogens with zero attached hydrogens (tertiary/aromatic N) is 1. The fourth-order valence-corrected chi connectivity index (χ4v) is 3.15. The van der Waals surface area contributed by atoms with E-state index in [1.165, 1.54) is 32.1 Å². The molecule has 1 heterocycles. The lowest BCUT2D eigenvalue weighted by Gasteiger charge is -2.30. The maximum Gasteiger partial charge on any atom is 0.224 e. The molecule has 0 aromatic heterocycles. The maximum atomic E-state index is 12.0. The Morgan fingerprint density at radius 2 is 2.11 bits per heavy atom. The normalized spacial score (nSPS) is 28.4. The molecule has 2 fully saturated rings. The lowest BCUT2D eigenvalue weighted by atomic mass is 9.85. The van der Waals surface area contributed by atoms with E-state index in [0.717, 1.165) is 32.1 Å². The molecule has 2 unspecified atom stereocenters. The van der Waals surface area contributed by atoms with E-state index in [1.54, 1.807) is 0 Å². The first-order valence-electron chi connectivity index (χ1n) is 7.89. The molecule has 0 bridgehead atoms. The minimum absolute atomic E-state index is 0.254. The summed E-state index contributed by atoms with van der Waals surface area (Å²) >= 11 is 0. The van der Waals surface area contributed by atoms with Gasteiger partial charge in [-0.05, 0) is 18.8 Å². The van der Waals surface area contributed by atoms with Crippen LogP contribution >= 0.6 is 0 Å². The molecule has 4 heteroatoms. The molecule has 110 valence electrons. The van der Waals surface area contributed by atoms with Gasteiger partial charge in [-0.1, -0.05) is 26.2 Å². The molecular weight excluding hydrogens is 240 g/mol. The van der Waals surface area contributed by atoms with Crippen molar-refractivity contribution in [3.8, 4) is 0 Å². The van der Waals surface area contributed by atoms with Crippen molar-refractivity contribution in [2.24, 2.45) is 5.92 Å². The Kier molecular flexibility index (Phi) is 6.11. The van der Waals surface area contributed by atoms with E-state index in [1.807, 2.05) is 4.90 Å². The number of nitrogens with one attached hydrogen (secondary N) is 1. The van der Waals surface area contributed by atoms with E-state index in [9.17, 15) is 4.79 Å². The van der Waals surface area contributed by atoms with Gasteiger partial charge in [0.25, 0.3) is 0 Å². The van der Waals surface area contributed by atoms with Crippen molar-refractivity contribution >= 4 is 5.91 Å². The van der Waals surface area contributed by atoms with E-state index in [-0.39, 0.29) is 5.91 Å². The van der Waals surface area contributed by atoms with Crippen LogP contribution in [0.15, 0.2) is 0 Å². The summed E-state index contributed by atoms with van der Waals surface area (Å²) in [6, 6.07) is 0. The van der Waals surface area contributed by atoms with Gasteiger partial charge < -0.3 is 15.0 Å². The van der Waals surface area contributed by atoms with Crippen molar-refractivity contribution in [1.82, 2.24) is 10.2 Å². The molecule has 4 nitrogen and oxygen atoms in total. The van der Waals surface area contributed by atoms with E-state index >= 15 is 0 Å². The zero-order valence-corrected chi connectivity index (χ0v) is 12.2. The first-order valence-corrected chi connectivity index (χ1v) is 7.89. The summed E-state index contributed by atoms with van der Waals surface area (Å²) in [5, 5.41) is 3.26. The molecule has 2 aliphatic rings. The van der Waals surface area contributed by atoms with Crippen LogP contribution < -0.4 is 5.32 Å². The minimum atomic E-state index is 0.254. The summed E-state index contributed by atoms with van der Waals surface area (Å²) in [5.41, 5.74) is 0. The first kappa shape index (κ1) is 14.8. The van der Waals surface area contributed by atoms with Crippen LogP contribution in [0, 0.1) is 5.92 Å². The third kappa shape index (κ3) is 4.77. The van der Waals surface area contributed by atoms with Gasteiger partial charge >= 0.3 is 0 Å². The number of ether oxygens (including phenoxy) is 1. The standard InChI is InChI=1S/C15H28N2O2/c1-2-13-4-3-5-14(12-13)19-11-6-15(18)17-9-7-16-8-10-17/h13-14,16H,2-12H2,1H3. The maximum absolute atomic E-state index is 12.0. The molecule has 0 aromatic rings. The van der Waals surface area contributed by atoms with Gasteiger partial charge in [0, 0.05) is 26.2 Å². The fraction of sp³-hybridized carbons (Fsp3) is 0.933. The summed E-state index contributed by atoms with van der Waals surface area (Å²) in [5.74, 6) is 1.09. The van der Waals surface area contributed by atoms with Gasteiger partial charge in [-0.2, -0.15) is 0 Å². The molecular formula is C15H28N2O2. The van der Waals surface area contributed by atoms with Crippen molar-refractivity contribution in [2.45, 2.75) is 51.6 Å². The molecule has 2 rings (SSSR count). The van der Waals surface area contributed by atoms with E-state index < -0.39 is 0 Å². The number of amides is 1. The monoisotopic (exact) mass is 268 g/mol. The highest BCUT2D eigenvalue weighted by molar-refractivity contribution is 5.76. The molecule has 0 aromatic carbocycles. The third-order valence-corrected chi connectivity index (χ3v) is 4.45. The van der Waals surface area contributed by atoms with Crippen LogP contribution in [-0.2, 0) is 9.53 Å². The van der Waals surface area contributed by atoms with Crippen LogP contribution in [0.1, 0.15) is 45.4 Å². The predicted molar refractivity (Wildman–Crippen MR) is 76.1 cm³/mol. The first-order chi connectivity index (χ1) is 9.29. The SMILES string of the molecule is CCC1CCCC(OCCC(=O)N2CCNCC2)C1. The second-order valence-corrected chi connectivity index (χ2v) is 5.81. The summed E-state index contributed by atoms with van der Waals surface area (Å²) in [4.78, 5) is 13.9. The van der Waals surface area contributed by atoms with Crippen molar-refractivity contribution in [2.75, 3.05) is 32.8 Å². The molecule has 1 saturated heterocycles. The topological polar surface area (TPSA) is 41.6 Å². The second kappa shape index (κ2) is 7.85. The molecule has 19 heavy (non-hydrogen) atoms. The van der Waals surface area contributed by atoms with Gasteiger partial charge in [-0.25, -0.2) is 0 Å². The second-order valence-electron chi connectivity index (χ2n) is 5.81. The summed E-state index contributed by atoms with van der Waals surface area (Å²) in [7, 11) is 0. The third-order valence-electron chi connectivity index (χ3n) is 4.45. The molecule has 2 atom stereocenters. The van der Waals surface area contributed by atoms with Crippen molar-refractivity contribution < 1.29 is 9.53 Å². The van der Waals surface area contributed by atoms with Gasteiger partial charge in [0.15, 0.2) is 0 Å². The molecule has 1 amide bonds. The van der Waals surface area contributed by atoms with Crippen LogP contribution in [0.25, 0.3) is 0 Å². The summed E-state index contributed by atoms with van der Waals surface area (Å²) in [6.07, 6.45) is 7.23. The van der Waals surface area contributed by atoms with Gasteiger partial charge in [-0.3, -0.25) is 4.79 Å². The minimum Gasteiger partial charge on any atom is -0.378 e. The highest BCUT2D eigenvalue weighted by Crippen LogP contribution is 2.28. The van der Waals surface area contributed by atoms with Gasteiger partial charge in [0.1, 0.15) is 0 Å². The summed E-state index contributed by atoms with van der Waals surface area (Å²) in [6.45, 7) is 6.41.